The highest BCUT2D eigenvalue weighted by atomic mass is 28.4. The quantitative estimate of drug-likeness (QED) is 0.780. The van der Waals surface area contributed by atoms with Crippen molar-refractivity contribution in [3.05, 3.63) is 64.9 Å². The molecular weight excluding hydrogens is 252 g/mol. The Kier molecular flexibility index (Phi) is 3.27. The van der Waals surface area contributed by atoms with Crippen molar-refractivity contribution in [1.29, 1.82) is 0 Å². The topological polar surface area (TPSA) is 18.5 Å². The Balaban J connectivity index is 2.05. The first-order valence-electron chi connectivity index (χ1n) is 6.55. The summed E-state index contributed by atoms with van der Waals surface area (Å²) in [6.45, 7) is 0. The second kappa shape index (κ2) is 4.93. The highest BCUT2D eigenvalue weighted by Gasteiger charge is 2.49. The molecule has 3 heteroatoms. The van der Waals surface area contributed by atoms with E-state index in [1.807, 2.05) is 0 Å². The van der Waals surface area contributed by atoms with Crippen molar-refractivity contribution in [3.63, 3.8) is 0 Å². The molecule has 0 amide bonds. The summed E-state index contributed by atoms with van der Waals surface area (Å²) >= 11 is 0. The molecule has 1 aromatic rings. The van der Waals surface area contributed by atoms with Gasteiger partial charge in [-0.25, -0.2) is 0 Å². The van der Waals surface area contributed by atoms with Crippen molar-refractivity contribution in [2.75, 3.05) is 14.2 Å². The van der Waals surface area contributed by atoms with E-state index in [2.05, 4.69) is 54.6 Å². The molecule has 19 heavy (non-hydrogen) atoms. The largest absolute Gasteiger partial charge is 0.394 e. The third-order valence-corrected chi connectivity index (χ3v) is 7.84. The van der Waals surface area contributed by atoms with Gasteiger partial charge in [0.1, 0.15) is 0 Å². The van der Waals surface area contributed by atoms with Gasteiger partial charge in [-0.05, 0) is 22.7 Å². The maximum absolute atomic E-state index is 5.97. The molecule has 1 atom stereocenters. The molecule has 0 aliphatic heterocycles. The molecule has 1 unspecified atom stereocenters. The van der Waals surface area contributed by atoms with Gasteiger partial charge in [-0.3, -0.25) is 0 Å². The first-order chi connectivity index (χ1) is 9.31. The van der Waals surface area contributed by atoms with Gasteiger partial charge in [0.05, 0.1) is 5.54 Å². The fraction of sp³-hybridized carbons (Fsp3) is 0.250. The summed E-state index contributed by atoms with van der Waals surface area (Å²) in [5, 5.41) is 1.31. The third-order valence-electron chi connectivity index (χ3n) is 4.03. The van der Waals surface area contributed by atoms with Gasteiger partial charge in [-0.15, -0.1) is 0 Å². The predicted molar refractivity (Wildman–Crippen MR) is 79.8 cm³/mol. The van der Waals surface area contributed by atoms with Crippen molar-refractivity contribution in [2.45, 2.75) is 12.0 Å². The predicted octanol–water partition coefficient (Wildman–Crippen LogP) is 3.50. The van der Waals surface area contributed by atoms with E-state index in [4.69, 9.17) is 8.85 Å². The molecule has 1 aromatic carbocycles. The van der Waals surface area contributed by atoms with E-state index in [1.54, 1.807) is 14.2 Å². The van der Waals surface area contributed by atoms with Gasteiger partial charge in [-0.2, -0.15) is 0 Å². The average molecular weight is 270 g/mol. The molecule has 0 heterocycles. The minimum absolute atomic E-state index is 0.241. The Morgan fingerprint density at radius 1 is 1.16 bits per heavy atom. The summed E-state index contributed by atoms with van der Waals surface area (Å²) in [5.41, 5.74) is 2.85. The van der Waals surface area contributed by atoms with Gasteiger partial charge in [0.15, 0.2) is 0 Å². The Hall–Kier alpha value is -1.42. The molecule has 0 bridgehead atoms. The van der Waals surface area contributed by atoms with E-state index >= 15 is 0 Å². The zero-order valence-electron chi connectivity index (χ0n) is 11.3. The SMILES string of the molecule is CO[Si](OC)(C1=CC=CC1)C1C=Cc2ccccc21. The van der Waals surface area contributed by atoms with Crippen molar-refractivity contribution >= 4 is 14.6 Å². The van der Waals surface area contributed by atoms with Gasteiger partial charge in [0.2, 0.25) is 0 Å². The van der Waals surface area contributed by atoms with Gasteiger partial charge in [0.25, 0.3) is 0 Å². The van der Waals surface area contributed by atoms with E-state index in [1.165, 1.54) is 16.3 Å². The summed E-state index contributed by atoms with van der Waals surface area (Å²) in [5.74, 6) is 0. The molecule has 0 N–H and O–H groups in total. The first-order valence-corrected chi connectivity index (χ1v) is 8.45. The molecule has 3 rings (SSSR count). The normalized spacial score (nSPS) is 20.7. The van der Waals surface area contributed by atoms with Gasteiger partial charge in [-0.1, -0.05) is 54.6 Å². The lowest BCUT2D eigenvalue weighted by atomic mass is 10.1. The molecule has 0 spiro atoms. The van der Waals surface area contributed by atoms with E-state index in [0.717, 1.165) is 6.42 Å². The van der Waals surface area contributed by atoms with Gasteiger partial charge < -0.3 is 8.85 Å². The summed E-state index contributed by atoms with van der Waals surface area (Å²) in [6.07, 6.45) is 11.8. The molecule has 2 aliphatic carbocycles. The van der Waals surface area contributed by atoms with Crippen LogP contribution in [0.4, 0.5) is 0 Å². The molecular formula is C16H18O2Si. The van der Waals surface area contributed by atoms with Crippen LogP contribution in [0.2, 0.25) is 0 Å². The number of allylic oxidation sites excluding steroid dienone is 5. The van der Waals surface area contributed by atoms with Crippen molar-refractivity contribution in [1.82, 2.24) is 0 Å². The van der Waals surface area contributed by atoms with Gasteiger partial charge in [0, 0.05) is 14.2 Å². The zero-order valence-corrected chi connectivity index (χ0v) is 12.3. The Morgan fingerprint density at radius 3 is 2.63 bits per heavy atom. The molecule has 0 aromatic heterocycles. The molecule has 98 valence electrons. The van der Waals surface area contributed by atoms with Crippen LogP contribution in [0.1, 0.15) is 23.1 Å². The van der Waals surface area contributed by atoms with Crippen LogP contribution in [0.15, 0.2) is 53.8 Å². The van der Waals surface area contributed by atoms with E-state index in [0.29, 0.717) is 0 Å². The number of hydrogen-bond acceptors (Lipinski definition) is 2. The van der Waals surface area contributed by atoms with E-state index in [9.17, 15) is 0 Å². The highest BCUT2D eigenvalue weighted by molar-refractivity contribution is 6.77. The maximum atomic E-state index is 5.97. The fourth-order valence-corrected chi connectivity index (χ4v) is 6.44. The Morgan fingerprint density at radius 2 is 1.95 bits per heavy atom. The van der Waals surface area contributed by atoms with Crippen LogP contribution >= 0.6 is 0 Å². The lowest BCUT2D eigenvalue weighted by molar-refractivity contribution is 0.245. The highest BCUT2D eigenvalue weighted by Crippen LogP contribution is 2.42. The van der Waals surface area contributed by atoms with Crippen LogP contribution in [0.5, 0.6) is 0 Å². The molecule has 0 fully saturated rings. The van der Waals surface area contributed by atoms with Crippen molar-refractivity contribution in [3.8, 4) is 0 Å². The molecule has 0 saturated heterocycles. The van der Waals surface area contributed by atoms with E-state index < -0.39 is 8.56 Å². The minimum Gasteiger partial charge on any atom is -0.394 e. The summed E-state index contributed by atoms with van der Waals surface area (Å²) in [7, 11) is 1.15. The van der Waals surface area contributed by atoms with Gasteiger partial charge >= 0.3 is 8.56 Å². The monoisotopic (exact) mass is 270 g/mol. The van der Waals surface area contributed by atoms with Crippen LogP contribution in [0.3, 0.4) is 0 Å². The third kappa shape index (κ3) is 1.85. The van der Waals surface area contributed by atoms with Crippen LogP contribution in [-0.2, 0) is 8.85 Å². The smallest absolute Gasteiger partial charge is 0.379 e. The van der Waals surface area contributed by atoms with Crippen LogP contribution < -0.4 is 0 Å². The first kappa shape index (κ1) is 12.6. The zero-order chi connectivity index (χ0) is 13.3. The number of benzene rings is 1. The summed E-state index contributed by atoms with van der Waals surface area (Å²) < 4.78 is 11.9. The van der Waals surface area contributed by atoms with Crippen LogP contribution in [0, 0.1) is 0 Å². The van der Waals surface area contributed by atoms with Crippen LogP contribution in [0.25, 0.3) is 6.08 Å². The van der Waals surface area contributed by atoms with E-state index in [-0.39, 0.29) is 5.54 Å². The van der Waals surface area contributed by atoms with Crippen molar-refractivity contribution in [2.24, 2.45) is 0 Å². The Labute approximate surface area is 115 Å². The van der Waals surface area contributed by atoms with Crippen LogP contribution in [-0.4, -0.2) is 22.8 Å². The number of rotatable bonds is 4. The summed E-state index contributed by atoms with van der Waals surface area (Å²) in [6, 6.07) is 8.50. The number of fused-ring (bicyclic) bond motifs is 1. The second-order valence-corrected chi connectivity index (χ2v) is 8.28. The molecule has 0 radical (unpaired) electrons. The Bertz CT molecular complexity index is 568. The maximum Gasteiger partial charge on any atom is 0.379 e. The summed E-state index contributed by atoms with van der Waals surface area (Å²) in [4.78, 5) is 0. The average Bonchev–Trinajstić information content (AvgIpc) is 3.11. The minimum atomic E-state index is -2.42. The molecule has 0 saturated carbocycles. The lowest BCUT2D eigenvalue weighted by Crippen LogP contribution is -2.48. The fourth-order valence-electron chi connectivity index (χ4n) is 3.09. The second-order valence-electron chi connectivity index (χ2n) is 4.87. The lowest BCUT2D eigenvalue weighted by Gasteiger charge is -2.34. The van der Waals surface area contributed by atoms with Crippen molar-refractivity contribution < 1.29 is 8.85 Å². The standard InChI is InChI=1S/C16H18O2Si/c1-17-19(18-2,14-8-4-5-9-14)16-12-11-13-7-3-6-10-15(13)16/h3-8,10-12,16H,9H2,1-2H3. The number of hydrogen-bond donors (Lipinski definition) is 0. The molecule has 2 nitrogen and oxygen atoms in total. The molecule has 2 aliphatic rings.